The van der Waals surface area contributed by atoms with Gasteiger partial charge in [0.15, 0.2) is 18.1 Å². The molecule has 3 aromatic rings. The molecule has 3 aromatic carbocycles. The molecule has 0 saturated carbocycles. The molecule has 0 spiro atoms. The zero-order valence-corrected chi connectivity index (χ0v) is 21.9. The Hall–Kier alpha value is -4.28. The maximum absolute atomic E-state index is 13.1. The lowest BCUT2D eigenvalue weighted by molar-refractivity contribution is -0.139. The van der Waals surface area contributed by atoms with Crippen LogP contribution in [0.5, 0.6) is 11.5 Å². The molecule has 1 saturated heterocycles. The third kappa shape index (κ3) is 7.62. The largest absolute Gasteiger partial charge is 0.488 e. The van der Waals surface area contributed by atoms with Gasteiger partial charge in [0.05, 0.1) is 5.56 Å². The monoisotopic (exact) mass is 551 g/mol. The first kappa shape index (κ1) is 27.7. The molecule has 0 aromatic heterocycles. The van der Waals surface area contributed by atoms with Crippen molar-refractivity contribution in [1.82, 2.24) is 5.32 Å². The number of carboxylic acid groups (broad SMARTS) is 1. The fraction of sp³-hybridized carbons (Fsp3) is 0.250. The number of carbonyl (C=O) groups excluding carboxylic acids is 1. The lowest BCUT2D eigenvalue weighted by Gasteiger charge is -2.19. The van der Waals surface area contributed by atoms with Gasteiger partial charge in [0.1, 0.15) is 12.4 Å². The fourth-order valence-corrected chi connectivity index (χ4v) is 4.35. The Morgan fingerprint density at radius 1 is 1.13 bits per heavy atom. The molecule has 0 aliphatic carbocycles. The molecule has 0 bridgehead atoms. The number of benzene rings is 3. The summed E-state index contributed by atoms with van der Waals surface area (Å²) in [6.07, 6.45) is 2.09. The van der Waals surface area contributed by atoms with Crippen LogP contribution in [0.25, 0.3) is 0 Å². The van der Waals surface area contributed by atoms with Crippen molar-refractivity contribution in [3.63, 3.8) is 0 Å². The van der Waals surface area contributed by atoms with Crippen molar-refractivity contribution in [3.8, 4) is 11.5 Å². The molecule has 1 atom stereocenters. The van der Waals surface area contributed by atoms with Gasteiger partial charge in [-0.25, -0.2) is 4.79 Å². The first-order valence-electron chi connectivity index (χ1n) is 12.4. The molecule has 11 heteroatoms. The van der Waals surface area contributed by atoms with Crippen molar-refractivity contribution in [1.29, 1.82) is 5.41 Å². The van der Waals surface area contributed by atoms with E-state index in [0.717, 1.165) is 19.4 Å². The second-order valence-corrected chi connectivity index (χ2v) is 9.46. The van der Waals surface area contributed by atoms with E-state index in [9.17, 15) is 14.7 Å². The topological polar surface area (TPSA) is 159 Å². The van der Waals surface area contributed by atoms with E-state index in [1.54, 1.807) is 54.6 Å². The standard InChI is InChI=1S/C28H30ClN5O5/c29-19-8-11-23(22(13-19)28(37)34-20-9-6-17(7-10-20)27(30)31)33-14-18-3-1-5-24(26(18)39-16-25(35)36)38-15-21-4-2-12-32-21/h1,3,5-11,13,21,32-33H,2,4,12,14-16H2,(H3,30,31)(H,34,37)(H,35,36)/t21-/m1/s1. The molecule has 1 heterocycles. The van der Waals surface area contributed by atoms with E-state index in [1.165, 1.54) is 0 Å². The minimum Gasteiger partial charge on any atom is -0.488 e. The molecule has 10 nitrogen and oxygen atoms in total. The SMILES string of the molecule is N=C(N)c1ccc(NC(=O)c2cc(Cl)ccc2NCc2cccc(OC[C@H]3CCCN3)c2OCC(=O)O)cc1. The number of hydrogen-bond donors (Lipinski definition) is 6. The first-order valence-corrected chi connectivity index (χ1v) is 12.8. The van der Waals surface area contributed by atoms with Crippen molar-refractivity contribution in [2.75, 3.05) is 30.4 Å². The Morgan fingerprint density at radius 2 is 1.92 bits per heavy atom. The Kier molecular flexibility index (Phi) is 9.24. The Bertz CT molecular complexity index is 1340. The number of amidine groups is 1. The molecule has 1 aliphatic heterocycles. The van der Waals surface area contributed by atoms with Gasteiger partial charge < -0.3 is 36.3 Å². The van der Waals surface area contributed by atoms with Gasteiger partial charge in [0.25, 0.3) is 5.91 Å². The number of anilines is 2. The molecule has 0 unspecified atom stereocenters. The zero-order chi connectivity index (χ0) is 27.8. The minimum absolute atomic E-state index is 0.0643. The van der Waals surface area contributed by atoms with Crippen LogP contribution in [0.2, 0.25) is 5.02 Å². The van der Waals surface area contributed by atoms with Crippen molar-refractivity contribution in [3.05, 3.63) is 82.4 Å². The number of nitrogens with one attached hydrogen (secondary N) is 4. The van der Waals surface area contributed by atoms with Crippen LogP contribution in [0.15, 0.2) is 60.7 Å². The number of amides is 1. The molecular formula is C28H30ClN5O5. The summed E-state index contributed by atoms with van der Waals surface area (Å²) >= 11 is 6.20. The van der Waals surface area contributed by atoms with Gasteiger partial charge in [-0.1, -0.05) is 23.7 Å². The quantitative estimate of drug-likeness (QED) is 0.145. The highest BCUT2D eigenvalue weighted by molar-refractivity contribution is 6.31. The average Bonchev–Trinajstić information content (AvgIpc) is 3.44. The Morgan fingerprint density at radius 3 is 2.62 bits per heavy atom. The molecule has 39 heavy (non-hydrogen) atoms. The van der Waals surface area contributed by atoms with E-state index in [4.69, 9.17) is 32.2 Å². The highest BCUT2D eigenvalue weighted by Crippen LogP contribution is 2.33. The third-order valence-electron chi connectivity index (χ3n) is 6.15. The van der Waals surface area contributed by atoms with Crippen LogP contribution >= 0.6 is 11.6 Å². The summed E-state index contributed by atoms with van der Waals surface area (Å²) in [5.74, 6) is -0.776. The van der Waals surface area contributed by atoms with Gasteiger partial charge in [0, 0.05) is 40.1 Å². The number of carbonyl (C=O) groups is 2. The molecule has 1 amide bonds. The number of para-hydroxylation sites is 1. The summed E-state index contributed by atoms with van der Waals surface area (Å²) in [7, 11) is 0. The lowest BCUT2D eigenvalue weighted by atomic mass is 10.1. The van der Waals surface area contributed by atoms with Gasteiger partial charge in [-0.3, -0.25) is 10.2 Å². The number of aliphatic carboxylic acids is 1. The van der Waals surface area contributed by atoms with Gasteiger partial charge >= 0.3 is 5.97 Å². The number of nitrogen functional groups attached to an aromatic ring is 1. The highest BCUT2D eigenvalue weighted by Gasteiger charge is 2.19. The summed E-state index contributed by atoms with van der Waals surface area (Å²) in [5.41, 5.74) is 8.06. The van der Waals surface area contributed by atoms with Crippen LogP contribution in [0.1, 0.15) is 34.3 Å². The Labute approximate surface area is 231 Å². The van der Waals surface area contributed by atoms with Gasteiger partial charge in [-0.05, 0) is 67.9 Å². The van der Waals surface area contributed by atoms with Crippen LogP contribution in [0, 0.1) is 5.41 Å². The second-order valence-electron chi connectivity index (χ2n) is 9.02. The molecule has 1 fully saturated rings. The van der Waals surface area contributed by atoms with Gasteiger partial charge in [0.2, 0.25) is 0 Å². The predicted octanol–water partition coefficient (Wildman–Crippen LogP) is 4.08. The van der Waals surface area contributed by atoms with E-state index >= 15 is 0 Å². The van der Waals surface area contributed by atoms with E-state index in [1.807, 2.05) is 6.07 Å². The van der Waals surface area contributed by atoms with E-state index in [0.29, 0.717) is 51.2 Å². The number of ether oxygens (including phenoxy) is 2. The van der Waals surface area contributed by atoms with Crippen molar-refractivity contribution >= 4 is 40.7 Å². The number of nitrogens with two attached hydrogens (primary N) is 1. The van der Waals surface area contributed by atoms with Crippen LogP contribution < -0.4 is 31.2 Å². The first-order chi connectivity index (χ1) is 18.8. The summed E-state index contributed by atoms with van der Waals surface area (Å²) in [5, 5.41) is 26.5. The molecular weight excluding hydrogens is 522 g/mol. The van der Waals surface area contributed by atoms with Gasteiger partial charge in [-0.2, -0.15) is 0 Å². The maximum Gasteiger partial charge on any atom is 0.341 e. The smallest absolute Gasteiger partial charge is 0.341 e. The normalized spacial score (nSPS) is 14.4. The fourth-order valence-electron chi connectivity index (χ4n) is 4.18. The third-order valence-corrected chi connectivity index (χ3v) is 6.39. The van der Waals surface area contributed by atoms with Crippen molar-refractivity contribution < 1.29 is 24.2 Å². The molecule has 4 rings (SSSR count). The number of carboxylic acids is 1. The number of hydrogen-bond acceptors (Lipinski definition) is 7. The predicted molar refractivity (Wildman–Crippen MR) is 150 cm³/mol. The molecule has 7 N–H and O–H groups in total. The second kappa shape index (κ2) is 13.0. The van der Waals surface area contributed by atoms with Crippen LogP contribution in [0.3, 0.4) is 0 Å². The van der Waals surface area contributed by atoms with Crippen LogP contribution in [0.4, 0.5) is 11.4 Å². The molecule has 204 valence electrons. The van der Waals surface area contributed by atoms with E-state index in [2.05, 4.69) is 16.0 Å². The Balaban J connectivity index is 1.51. The lowest BCUT2D eigenvalue weighted by Crippen LogP contribution is -2.28. The highest BCUT2D eigenvalue weighted by atomic mass is 35.5. The number of rotatable bonds is 12. The van der Waals surface area contributed by atoms with Crippen molar-refractivity contribution in [2.45, 2.75) is 25.4 Å². The molecule has 1 aliphatic rings. The van der Waals surface area contributed by atoms with Gasteiger partial charge in [-0.15, -0.1) is 0 Å². The summed E-state index contributed by atoms with van der Waals surface area (Å²) < 4.78 is 11.6. The minimum atomic E-state index is -1.10. The van der Waals surface area contributed by atoms with Crippen LogP contribution in [-0.4, -0.2) is 48.6 Å². The maximum atomic E-state index is 13.1. The van der Waals surface area contributed by atoms with Crippen LogP contribution in [-0.2, 0) is 11.3 Å². The molecule has 0 radical (unpaired) electrons. The van der Waals surface area contributed by atoms with Crippen molar-refractivity contribution in [2.24, 2.45) is 5.73 Å². The summed E-state index contributed by atoms with van der Waals surface area (Å²) in [6, 6.07) is 17.1. The number of halogens is 1. The summed E-state index contributed by atoms with van der Waals surface area (Å²) in [6.45, 7) is 1.09. The van der Waals surface area contributed by atoms with E-state index in [-0.39, 0.29) is 24.3 Å². The average molecular weight is 552 g/mol. The van der Waals surface area contributed by atoms with E-state index < -0.39 is 12.6 Å². The zero-order valence-electron chi connectivity index (χ0n) is 21.1. The summed E-state index contributed by atoms with van der Waals surface area (Å²) in [4.78, 5) is 24.4.